The van der Waals surface area contributed by atoms with Crippen molar-refractivity contribution in [2.45, 2.75) is 37.8 Å². The van der Waals surface area contributed by atoms with E-state index in [-0.39, 0.29) is 12.5 Å². The highest BCUT2D eigenvalue weighted by Crippen LogP contribution is 2.32. The molecule has 1 amide bonds. The molecule has 0 radical (unpaired) electrons. The number of hydrogen-bond acceptors (Lipinski definition) is 5. The number of primary amides is 1. The van der Waals surface area contributed by atoms with E-state index < -0.39 is 12.0 Å². The van der Waals surface area contributed by atoms with Crippen molar-refractivity contribution >= 4 is 17.7 Å². The number of thioether (sulfide) groups is 1. The lowest BCUT2D eigenvalue weighted by molar-refractivity contribution is -0.117. The average Bonchev–Trinajstić information content (AvgIpc) is 3.15. The lowest BCUT2D eigenvalue weighted by Crippen LogP contribution is -2.18. The molecule has 0 saturated carbocycles. The maximum atomic E-state index is 11.2. The molecule has 0 spiro atoms. The molecule has 0 fully saturated rings. The fraction of sp³-hybridized carbons (Fsp3) is 0.471. The number of rotatable bonds is 7. The fourth-order valence-electron chi connectivity index (χ4n) is 3.18. The maximum absolute atomic E-state index is 11.2. The summed E-state index contributed by atoms with van der Waals surface area (Å²) in [6, 6.07) is 8.45. The Morgan fingerprint density at radius 3 is 2.67 bits per heavy atom. The van der Waals surface area contributed by atoms with Crippen LogP contribution >= 0.6 is 11.8 Å². The highest BCUT2D eigenvalue weighted by atomic mass is 32.2. The molecule has 1 unspecified atom stereocenters. The second-order valence-electron chi connectivity index (χ2n) is 6.10. The summed E-state index contributed by atoms with van der Waals surface area (Å²) in [5, 5.41) is 15.0. The van der Waals surface area contributed by atoms with Gasteiger partial charge in [0.1, 0.15) is 6.10 Å². The summed E-state index contributed by atoms with van der Waals surface area (Å²) in [5.74, 6) is 1.30. The number of amides is 1. The number of benzene rings is 1. The molecule has 2 aromatic rings. The molecule has 7 heteroatoms. The van der Waals surface area contributed by atoms with Crippen molar-refractivity contribution in [1.82, 2.24) is 14.8 Å². The molecule has 3 N–H and O–H groups in total. The average molecular weight is 346 g/mol. The number of aliphatic hydroxyl groups excluding tert-OH is 1. The molecule has 6 nitrogen and oxygen atoms in total. The smallest absolute Gasteiger partial charge is 0.225 e. The summed E-state index contributed by atoms with van der Waals surface area (Å²) >= 11 is 1.68. The van der Waals surface area contributed by atoms with Gasteiger partial charge in [-0.2, -0.15) is 16.9 Å². The number of nitrogens with zero attached hydrogens (tertiary/aromatic N) is 3. The van der Waals surface area contributed by atoms with E-state index >= 15 is 0 Å². The van der Waals surface area contributed by atoms with E-state index in [0.29, 0.717) is 18.1 Å². The Hall–Kier alpha value is -1.86. The first-order valence-electron chi connectivity index (χ1n) is 8.06. The van der Waals surface area contributed by atoms with Crippen molar-refractivity contribution in [3.05, 3.63) is 47.0 Å². The quantitative estimate of drug-likeness (QED) is 0.791. The first-order chi connectivity index (χ1) is 11.6. The van der Waals surface area contributed by atoms with Gasteiger partial charge in [-0.1, -0.05) is 24.3 Å². The Bertz CT molecular complexity index is 706. The minimum absolute atomic E-state index is 0.00504. The molecule has 24 heavy (non-hydrogen) atoms. The zero-order valence-electron chi connectivity index (χ0n) is 13.7. The largest absolute Gasteiger partial charge is 0.385 e. The topological polar surface area (TPSA) is 94.0 Å². The Kier molecular flexibility index (Phi) is 5.20. The highest BCUT2D eigenvalue weighted by Gasteiger charge is 2.28. The van der Waals surface area contributed by atoms with Crippen LogP contribution in [0.5, 0.6) is 0 Å². The predicted octanol–water partition coefficient (Wildman–Crippen LogP) is 1.43. The van der Waals surface area contributed by atoms with E-state index in [1.807, 2.05) is 23.1 Å². The van der Waals surface area contributed by atoms with E-state index in [4.69, 9.17) is 5.73 Å². The van der Waals surface area contributed by atoms with Crippen LogP contribution in [0.2, 0.25) is 0 Å². The van der Waals surface area contributed by atoms with Gasteiger partial charge in [-0.05, 0) is 42.4 Å². The highest BCUT2D eigenvalue weighted by molar-refractivity contribution is 7.98. The normalized spacial score (nSPS) is 15.4. The summed E-state index contributed by atoms with van der Waals surface area (Å²) in [6.45, 7) is 0. The van der Waals surface area contributed by atoms with Crippen LogP contribution in [0.15, 0.2) is 24.3 Å². The van der Waals surface area contributed by atoms with Crippen molar-refractivity contribution in [2.75, 3.05) is 12.0 Å². The molecule has 3 rings (SSSR count). The zero-order chi connectivity index (χ0) is 17.1. The van der Waals surface area contributed by atoms with Gasteiger partial charge in [-0.25, -0.2) is 9.67 Å². The molecule has 1 heterocycles. The first kappa shape index (κ1) is 17.0. The van der Waals surface area contributed by atoms with Gasteiger partial charge in [0.15, 0.2) is 11.6 Å². The van der Waals surface area contributed by atoms with Gasteiger partial charge in [0, 0.05) is 0 Å². The van der Waals surface area contributed by atoms with Crippen molar-refractivity contribution in [3.8, 4) is 0 Å². The summed E-state index contributed by atoms with van der Waals surface area (Å²) in [5.41, 5.74) is 7.88. The van der Waals surface area contributed by atoms with Gasteiger partial charge >= 0.3 is 0 Å². The van der Waals surface area contributed by atoms with Crippen LogP contribution in [0.3, 0.4) is 0 Å². The Balaban J connectivity index is 1.88. The van der Waals surface area contributed by atoms with Crippen LogP contribution in [-0.2, 0) is 24.1 Å². The first-order valence-corrected chi connectivity index (χ1v) is 9.45. The summed E-state index contributed by atoms with van der Waals surface area (Å²) in [4.78, 5) is 15.6. The minimum Gasteiger partial charge on any atom is -0.385 e. The Labute approximate surface area is 145 Å². The zero-order valence-corrected chi connectivity index (χ0v) is 14.5. The van der Waals surface area contributed by atoms with Crippen LogP contribution in [0.1, 0.15) is 41.3 Å². The predicted molar refractivity (Wildman–Crippen MR) is 93.8 cm³/mol. The molecule has 0 saturated heterocycles. The minimum atomic E-state index is -0.685. The van der Waals surface area contributed by atoms with Crippen molar-refractivity contribution in [1.29, 1.82) is 0 Å². The molecule has 1 aliphatic rings. The molecule has 1 aromatic heterocycles. The van der Waals surface area contributed by atoms with E-state index in [2.05, 4.69) is 22.2 Å². The van der Waals surface area contributed by atoms with Crippen LogP contribution in [0, 0.1) is 0 Å². The van der Waals surface area contributed by atoms with Crippen LogP contribution < -0.4 is 5.73 Å². The second-order valence-corrected chi connectivity index (χ2v) is 7.09. The summed E-state index contributed by atoms with van der Waals surface area (Å²) in [6.07, 6.45) is 3.64. The van der Waals surface area contributed by atoms with Gasteiger partial charge in [0.05, 0.1) is 12.5 Å². The van der Waals surface area contributed by atoms with E-state index in [1.54, 1.807) is 11.8 Å². The van der Waals surface area contributed by atoms with Gasteiger partial charge in [0.25, 0.3) is 0 Å². The molecule has 1 aromatic carbocycles. The molecule has 1 atom stereocenters. The lowest BCUT2D eigenvalue weighted by atomic mass is 10.1. The number of hydrogen-bond donors (Lipinski definition) is 2. The molecule has 1 aliphatic carbocycles. The SMILES string of the molecule is CSCCC(O)c1nc(CC(N)=O)nn1C1Cc2ccccc2C1. The van der Waals surface area contributed by atoms with Gasteiger partial charge < -0.3 is 10.8 Å². The standard InChI is InChI=1S/C17H22N4O2S/c1-24-7-6-14(22)17-19-16(10-15(18)23)20-21(17)13-8-11-4-2-3-5-12(11)9-13/h2-5,13-14,22H,6-10H2,1H3,(H2,18,23). The third-order valence-corrected chi connectivity index (χ3v) is 4.95. The molecule has 128 valence electrons. The molecular weight excluding hydrogens is 324 g/mol. The number of nitrogens with two attached hydrogens (primary N) is 1. The van der Waals surface area contributed by atoms with E-state index in [9.17, 15) is 9.90 Å². The number of carbonyl (C=O) groups excluding carboxylic acids is 1. The van der Waals surface area contributed by atoms with Crippen molar-refractivity contribution in [2.24, 2.45) is 5.73 Å². The third kappa shape index (κ3) is 3.62. The van der Waals surface area contributed by atoms with Gasteiger partial charge in [-0.3, -0.25) is 4.79 Å². The van der Waals surface area contributed by atoms with E-state index in [0.717, 1.165) is 18.6 Å². The third-order valence-electron chi connectivity index (χ3n) is 4.30. The van der Waals surface area contributed by atoms with Gasteiger partial charge in [-0.15, -0.1) is 0 Å². The molecular formula is C17H22N4O2S. The van der Waals surface area contributed by atoms with Crippen molar-refractivity contribution in [3.63, 3.8) is 0 Å². The van der Waals surface area contributed by atoms with E-state index in [1.165, 1.54) is 11.1 Å². The summed E-state index contributed by atoms with van der Waals surface area (Å²) < 4.78 is 1.81. The molecule has 0 bridgehead atoms. The Morgan fingerprint density at radius 2 is 2.08 bits per heavy atom. The van der Waals surface area contributed by atoms with Crippen LogP contribution in [0.25, 0.3) is 0 Å². The second kappa shape index (κ2) is 7.36. The number of fused-ring (bicyclic) bond motifs is 1. The van der Waals surface area contributed by atoms with Crippen LogP contribution in [-0.4, -0.2) is 37.8 Å². The van der Waals surface area contributed by atoms with Crippen LogP contribution in [0.4, 0.5) is 0 Å². The molecule has 0 aliphatic heterocycles. The maximum Gasteiger partial charge on any atom is 0.225 e. The number of aliphatic hydroxyl groups is 1. The number of carbonyl (C=O) groups is 1. The monoisotopic (exact) mass is 346 g/mol. The van der Waals surface area contributed by atoms with Gasteiger partial charge in [0.2, 0.25) is 5.91 Å². The van der Waals surface area contributed by atoms with Crippen molar-refractivity contribution < 1.29 is 9.90 Å². The summed E-state index contributed by atoms with van der Waals surface area (Å²) in [7, 11) is 0. The lowest BCUT2D eigenvalue weighted by Gasteiger charge is -2.16. The Morgan fingerprint density at radius 1 is 1.42 bits per heavy atom. The number of aromatic nitrogens is 3. The fourth-order valence-corrected chi connectivity index (χ4v) is 3.63.